The van der Waals surface area contributed by atoms with Crippen LogP contribution < -0.4 is 0 Å². The Balaban J connectivity index is 0. The number of nitrogens with zero attached hydrogens (tertiary/aromatic N) is 6. The molecule has 0 aliphatic rings. The lowest BCUT2D eigenvalue weighted by atomic mass is 9.85. The second kappa shape index (κ2) is 7.43. The standard InChI is InChI=1S/C8N5.C4H12N/c9-2-1-7(3-10)8(4-11,5-12)6-13;1-5(2,3)4/h;1-4H3/q-1;+1. The average Bonchev–Trinajstić information content (AvgIpc) is 2.28. The van der Waals surface area contributed by atoms with Gasteiger partial charge >= 0.3 is 0 Å². The Bertz CT molecular complexity index is 474. The van der Waals surface area contributed by atoms with Crippen molar-refractivity contribution in [3.63, 3.8) is 0 Å². The minimum absolute atomic E-state index is 0.581. The quantitative estimate of drug-likeness (QED) is 0.378. The minimum Gasteiger partial charge on any atom is -0.333 e. The molecule has 0 saturated carbocycles. The summed E-state index contributed by atoms with van der Waals surface area (Å²) in [5.41, 5.74) is -2.80. The molecule has 0 aromatic rings. The van der Waals surface area contributed by atoms with Gasteiger partial charge in [-0.1, -0.05) is 0 Å². The zero-order chi connectivity index (χ0) is 14.8. The first-order valence-corrected chi connectivity index (χ1v) is 4.66. The van der Waals surface area contributed by atoms with Gasteiger partial charge in [0.1, 0.15) is 18.2 Å². The molecule has 0 radical (unpaired) electrons. The number of hydrogen-bond donors (Lipinski definition) is 0. The van der Waals surface area contributed by atoms with Crippen LogP contribution in [0.1, 0.15) is 0 Å². The summed E-state index contributed by atoms with van der Waals surface area (Å²) in [5, 5.41) is 42.1. The van der Waals surface area contributed by atoms with E-state index < -0.39 is 11.0 Å². The first kappa shape index (κ1) is 17.5. The van der Waals surface area contributed by atoms with Gasteiger partial charge in [0.15, 0.2) is 0 Å². The summed E-state index contributed by atoms with van der Waals surface area (Å²) >= 11 is 0. The molecule has 0 N–H and O–H groups in total. The van der Waals surface area contributed by atoms with E-state index in [-0.39, 0.29) is 0 Å². The molecule has 0 saturated heterocycles. The number of hydrogen-bond acceptors (Lipinski definition) is 5. The first-order valence-electron chi connectivity index (χ1n) is 4.66. The van der Waals surface area contributed by atoms with E-state index in [0.717, 1.165) is 4.48 Å². The summed E-state index contributed by atoms with van der Waals surface area (Å²) in [6, 6.07) is 6.84. The molecule has 0 aromatic heterocycles. The summed E-state index contributed by atoms with van der Waals surface area (Å²) < 4.78 is 1.00. The predicted octanol–water partition coefficient (Wildman–Crippen LogP) is 0.643. The molecule has 0 aliphatic heterocycles. The van der Waals surface area contributed by atoms with E-state index in [9.17, 15) is 0 Å². The van der Waals surface area contributed by atoms with Gasteiger partial charge in [-0.15, -0.1) is 17.7 Å². The molecule has 0 fully saturated rings. The highest BCUT2D eigenvalue weighted by Crippen LogP contribution is 2.23. The minimum atomic E-state index is -2.22. The number of quaternary nitrogens is 1. The van der Waals surface area contributed by atoms with Gasteiger partial charge in [0, 0.05) is 0 Å². The van der Waals surface area contributed by atoms with Gasteiger partial charge in [0.25, 0.3) is 0 Å². The molecule has 90 valence electrons. The second-order valence-electron chi connectivity index (χ2n) is 4.49. The molecular formula is C12H12N6. The molecule has 0 aliphatic carbocycles. The third-order valence-corrected chi connectivity index (χ3v) is 1.17. The van der Waals surface area contributed by atoms with E-state index in [4.69, 9.17) is 26.3 Å². The summed E-state index contributed by atoms with van der Waals surface area (Å²) in [4.78, 5) is 0. The molecule has 0 amide bonds. The highest BCUT2D eigenvalue weighted by atomic mass is 15.2. The summed E-state index contributed by atoms with van der Waals surface area (Å²) in [5.74, 6) is 0. The Labute approximate surface area is 107 Å². The third kappa shape index (κ3) is 6.60. The van der Waals surface area contributed by atoms with Crippen molar-refractivity contribution < 1.29 is 4.48 Å². The summed E-state index contributed by atoms with van der Waals surface area (Å²) in [6.45, 7) is 0. The van der Waals surface area contributed by atoms with Crippen molar-refractivity contribution >= 4 is 0 Å². The first-order chi connectivity index (χ1) is 8.20. The highest BCUT2D eigenvalue weighted by molar-refractivity contribution is 5.48. The third-order valence-electron chi connectivity index (χ3n) is 1.17. The van der Waals surface area contributed by atoms with Gasteiger partial charge in [-0.05, 0) is 6.07 Å². The van der Waals surface area contributed by atoms with Crippen LogP contribution in [0.3, 0.4) is 0 Å². The molecule has 0 heterocycles. The van der Waals surface area contributed by atoms with E-state index >= 15 is 0 Å². The molecule has 0 bridgehead atoms. The van der Waals surface area contributed by atoms with Crippen LogP contribution >= 0.6 is 0 Å². The molecule has 6 heteroatoms. The van der Waals surface area contributed by atoms with Gasteiger partial charge in [0.05, 0.1) is 28.2 Å². The Morgan fingerprint density at radius 3 is 1.39 bits per heavy atom. The van der Waals surface area contributed by atoms with E-state index in [0.29, 0.717) is 0 Å². The summed E-state index contributed by atoms with van der Waals surface area (Å²) in [7, 11) is 8.50. The Morgan fingerprint density at radius 1 is 0.889 bits per heavy atom. The second-order valence-corrected chi connectivity index (χ2v) is 4.49. The zero-order valence-electron chi connectivity index (χ0n) is 10.7. The van der Waals surface area contributed by atoms with Crippen LogP contribution in [0, 0.1) is 68.1 Å². The normalized spacial score (nSPS) is 10.3. The van der Waals surface area contributed by atoms with Crippen LogP contribution in [-0.2, 0) is 0 Å². The molecule has 0 atom stereocenters. The van der Waals surface area contributed by atoms with Gasteiger partial charge in [-0.25, -0.2) is 5.26 Å². The van der Waals surface area contributed by atoms with Crippen molar-refractivity contribution in [2.75, 3.05) is 28.2 Å². The van der Waals surface area contributed by atoms with Crippen LogP contribution in [0.2, 0.25) is 0 Å². The largest absolute Gasteiger partial charge is 0.333 e. The zero-order valence-corrected chi connectivity index (χ0v) is 10.7. The Kier molecular flexibility index (Phi) is 7.24. The molecule has 0 rings (SSSR count). The fourth-order valence-corrected chi connectivity index (χ4v) is 0.504. The summed E-state index contributed by atoms with van der Waals surface area (Å²) in [6.07, 6.45) is 1.82. The molecule has 18 heavy (non-hydrogen) atoms. The van der Waals surface area contributed by atoms with Gasteiger partial charge in [-0.3, -0.25) is 0 Å². The monoisotopic (exact) mass is 240 g/mol. The van der Waals surface area contributed by atoms with Crippen LogP contribution in [0.25, 0.3) is 0 Å². The predicted molar refractivity (Wildman–Crippen MR) is 61.2 cm³/mol. The van der Waals surface area contributed by atoms with E-state index in [2.05, 4.69) is 28.2 Å². The molecule has 0 spiro atoms. The van der Waals surface area contributed by atoms with E-state index in [1.54, 1.807) is 0 Å². The lowest BCUT2D eigenvalue weighted by Gasteiger charge is -2.14. The van der Waals surface area contributed by atoms with Gasteiger partial charge in [-0.2, -0.15) is 15.8 Å². The van der Waals surface area contributed by atoms with Crippen molar-refractivity contribution in [2.24, 2.45) is 5.41 Å². The maximum Gasteiger partial charge on any atom is 0.229 e. The van der Waals surface area contributed by atoms with Gasteiger partial charge in [0.2, 0.25) is 5.41 Å². The van der Waals surface area contributed by atoms with Crippen molar-refractivity contribution in [1.82, 2.24) is 0 Å². The van der Waals surface area contributed by atoms with Crippen molar-refractivity contribution in [3.8, 4) is 30.3 Å². The lowest BCUT2D eigenvalue weighted by molar-refractivity contribution is -0.849. The fourth-order valence-electron chi connectivity index (χ4n) is 0.504. The van der Waals surface area contributed by atoms with Crippen molar-refractivity contribution in [2.45, 2.75) is 0 Å². The van der Waals surface area contributed by atoms with Crippen molar-refractivity contribution in [1.29, 1.82) is 26.3 Å². The topological polar surface area (TPSA) is 119 Å². The average molecular weight is 240 g/mol. The lowest BCUT2D eigenvalue weighted by Crippen LogP contribution is -2.27. The van der Waals surface area contributed by atoms with Gasteiger partial charge < -0.3 is 9.74 Å². The number of allylic oxidation sites excluding steroid dienone is 2. The Morgan fingerprint density at radius 2 is 1.22 bits per heavy atom. The Hall–Kier alpha value is -2.85. The van der Waals surface area contributed by atoms with E-state index in [1.807, 2.05) is 6.08 Å². The maximum atomic E-state index is 8.49. The molecule has 6 nitrogen and oxygen atoms in total. The SMILES string of the molecule is C[N+](C)(C)C.N#C[C-]=C(C#N)C(C#N)(C#N)C#N. The number of nitriles is 5. The smallest absolute Gasteiger partial charge is 0.229 e. The van der Waals surface area contributed by atoms with Crippen LogP contribution in [0.5, 0.6) is 0 Å². The fraction of sp³-hybridized carbons (Fsp3) is 0.417. The van der Waals surface area contributed by atoms with Crippen LogP contribution in [0.15, 0.2) is 5.57 Å². The van der Waals surface area contributed by atoms with E-state index in [1.165, 1.54) is 30.3 Å². The molecule has 0 aromatic carbocycles. The number of rotatable bonds is 1. The molecular weight excluding hydrogens is 228 g/mol. The highest BCUT2D eigenvalue weighted by Gasteiger charge is 2.29. The maximum absolute atomic E-state index is 8.49. The van der Waals surface area contributed by atoms with Crippen LogP contribution in [0.4, 0.5) is 0 Å². The molecule has 0 unspecified atom stereocenters. The van der Waals surface area contributed by atoms with Crippen LogP contribution in [-0.4, -0.2) is 32.7 Å². The van der Waals surface area contributed by atoms with Crippen molar-refractivity contribution in [3.05, 3.63) is 11.6 Å².